The van der Waals surface area contributed by atoms with Crippen molar-refractivity contribution >= 4 is 21.6 Å². The monoisotopic (exact) mass is 359 g/mol. The van der Waals surface area contributed by atoms with E-state index in [1.54, 1.807) is 12.1 Å². The number of benzene rings is 2. The van der Waals surface area contributed by atoms with Crippen molar-refractivity contribution in [1.29, 1.82) is 0 Å². The fourth-order valence-electron chi connectivity index (χ4n) is 1.83. The van der Waals surface area contributed by atoms with Gasteiger partial charge in [0.15, 0.2) is 17.5 Å². The number of alkyl halides is 1. The number of nitro groups is 1. The molecule has 0 saturated heterocycles. The first-order valence-corrected chi connectivity index (χ1v) is 6.82. The van der Waals surface area contributed by atoms with Crippen LogP contribution in [0.5, 0.6) is 0 Å². The minimum Gasteiger partial charge on any atom is -0.258 e. The molecule has 0 N–H and O–H groups in total. The molecular weight excluding hydrogens is 351 g/mol. The highest BCUT2D eigenvalue weighted by Gasteiger charge is 2.16. The SMILES string of the molecule is O=[N+]([O-])c1ccc(CC(Br)c2cc(F)c(F)c(F)c2)cc1. The van der Waals surface area contributed by atoms with Crippen molar-refractivity contribution in [3.8, 4) is 0 Å². The average Bonchev–Trinajstić information content (AvgIpc) is 2.44. The fourth-order valence-corrected chi connectivity index (χ4v) is 2.47. The third-order valence-corrected chi connectivity index (χ3v) is 3.78. The second kappa shape index (κ2) is 6.26. The van der Waals surface area contributed by atoms with E-state index < -0.39 is 27.2 Å². The van der Waals surface area contributed by atoms with Crippen molar-refractivity contribution in [2.45, 2.75) is 11.2 Å². The van der Waals surface area contributed by atoms with Crippen LogP contribution >= 0.6 is 15.9 Å². The first-order chi connectivity index (χ1) is 9.88. The molecule has 0 fully saturated rings. The number of hydrogen-bond donors (Lipinski definition) is 0. The van der Waals surface area contributed by atoms with Crippen LogP contribution in [-0.2, 0) is 6.42 Å². The number of nitrogens with zero attached hydrogens (tertiary/aromatic N) is 1. The van der Waals surface area contributed by atoms with E-state index >= 15 is 0 Å². The average molecular weight is 360 g/mol. The molecule has 0 saturated carbocycles. The summed E-state index contributed by atoms with van der Waals surface area (Å²) in [6.45, 7) is 0. The summed E-state index contributed by atoms with van der Waals surface area (Å²) in [5.74, 6) is -4.01. The van der Waals surface area contributed by atoms with Gasteiger partial charge in [0.2, 0.25) is 0 Å². The zero-order valence-corrected chi connectivity index (χ0v) is 12.1. The number of hydrogen-bond acceptors (Lipinski definition) is 2. The summed E-state index contributed by atoms with van der Waals surface area (Å²) in [5, 5.41) is 10.5. The molecule has 1 atom stereocenters. The molecule has 1 unspecified atom stereocenters. The van der Waals surface area contributed by atoms with Crippen LogP contribution in [0.1, 0.15) is 16.0 Å². The Balaban J connectivity index is 2.17. The van der Waals surface area contributed by atoms with Crippen LogP contribution in [0.4, 0.5) is 18.9 Å². The van der Waals surface area contributed by atoms with Gasteiger partial charge in [-0.3, -0.25) is 10.1 Å². The van der Waals surface area contributed by atoms with E-state index in [1.807, 2.05) is 0 Å². The first-order valence-electron chi connectivity index (χ1n) is 5.90. The van der Waals surface area contributed by atoms with Crippen LogP contribution in [0, 0.1) is 27.6 Å². The number of halogens is 4. The number of nitro benzene ring substituents is 1. The highest BCUT2D eigenvalue weighted by Crippen LogP contribution is 2.29. The summed E-state index contributed by atoms with van der Waals surface area (Å²) in [7, 11) is 0. The van der Waals surface area contributed by atoms with E-state index in [1.165, 1.54) is 12.1 Å². The first kappa shape index (κ1) is 15.5. The molecule has 21 heavy (non-hydrogen) atoms. The summed E-state index contributed by atoms with van der Waals surface area (Å²) in [6, 6.07) is 7.65. The summed E-state index contributed by atoms with van der Waals surface area (Å²) < 4.78 is 39.2. The molecule has 0 aliphatic carbocycles. The summed E-state index contributed by atoms with van der Waals surface area (Å²) in [4.78, 5) is 9.59. The molecule has 3 nitrogen and oxygen atoms in total. The Labute approximate surface area is 126 Å². The summed E-state index contributed by atoms with van der Waals surface area (Å²) >= 11 is 3.27. The standard InChI is InChI=1S/C14H9BrF3NO2/c15-11(9-6-12(16)14(18)13(17)7-9)5-8-1-3-10(4-2-8)19(20)21/h1-4,6-7,11H,5H2. The number of non-ortho nitro benzene ring substituents is 1. The van der Waals surface area contributed by atoms with E-state index in [2.05, 4.69) is 15.9 Å². The van der Waals surface area contributed by atoms with Gasteiger partial charge in [-0.1, -0.05) is 28.1 Å². The summed E-state index contributed by atoms with van der Waals surface area (Å²) in [5.41, 5.74) is 0.959. The quantitative estimate of drug-likeness (QED) is 0.344. The van der Waals surface area contributed by atoms with Gasteiger partial charge in [0.1, 0.15) is 0 Å². The van der Waals surface area contributed by atoms with Gasteiger partial charge in [0, 0.05) is 17.0 Å². The van der Waals surface area contributed by atoms with Crippen molar-refractivity contribution in [2.75, 3.05) is 0 Å². The van der Waals surface area contributed by atoms with Gasteiger partial charge in [-0.2, -0.15) is 0 Å². The zero-order chi connectivity index (χ0) is 15.6. The largest absolute Gasteiger partial charge is 0.269 e. The molecule has 0 bridgehead atoms. The Morgan fingerprint density at radius 3 is 2.10 bits per heavy atom. The van der Waals surface area contributed by atoms with Crippen molar-refractivity contribution in [3.05, 3.63) is 75.1 Å². The maximum atomic E-state index is 13.2. The lowest BCUT2D eigenvalue weighted by Crippen LogP contribution is -2.00. The Kier molecular flexibility index (Phi) is 4.62. The minimum atomic E-state index is -1.51. The Morgan fingerprint density at radius 1 is 1.10 bits per heavy atom. The number of rotatable bonds is 4. The highest BCUT2D eigenvalue weighted by atomic mass is 79.9. The lowest BCUT2D eigenvalue weighted by molar-refractivity contribution is -0.384. The molecule has 7 heteroatoms. The molecule has 0 heterocycles. The molecular formula is C14H9BrF3NO2. The van der Waals surface area contributed by atoms with E-state index in [4.69, 9.17) is 0 Å². The third kappa shape index (κ3) is 3.60. The van der Waals surface area contributed by atoms with Gasteiger partial charge in [0.05, 0.1) is 4.92 Å². The van der Waals surface area contributed by atoms with Crippen molar-refractivity contribution < 1.29 is 18.1 Å². The van der Waals surface area contributed by atoms with Crippen molar-refractivity contribution in [3.63, 3.8) is 0 Å². The Hall–Kier alpha value is -1.89. The van der Waals surface area contributed by atoms with E-state index in [9.17, 15) is 23.3 Å². The van der Waals surface area contributed by atoms with Gasteiger partial charge in [-0.05, 0) is 29.7 Å². The predicted octanol–water partition coefficient (Wildman–Crippen LogP) is 4.69. The normalized spacial score (nSPS) is 12.2. The van der Waals surface area contributed by atoms with Crippen LogP contribution < -0.4 is 0 Å². The predicted molar refractivity (Wildman–Crippen MR) is 74.8 cm³/mol. The molecule has 0 aliphatic heterocycles. The molecule has 2 rings (SSSR count). The van der Waals surface area contributed by atoms with Gasteiger partial charge in [0.25, 0.3) is 5.69 Å². The molecule has 0 amide bonds. The summed E-state index contributed by atoms with van der Waals surface area (Å²) in [6.07, 6.45) is 0.350. The van der Waals surface area contributed by atoms with Crippen LogP contribution in [0.3, 0.4) is 0 Å². The molecule has 0 radical (unpaired) electrons. The van der Waals surface area contributed by atoms with Gasteiger partial charge >= 0.3 is 0 Å². The van der Waals surface area contributed by atoms with Crippen LogP contribution in [0.2, 0.25) is 0 Å². The van der Waals surface area contributed by atoms with Gasteiger partial charge < -0.3 is 0 Å². The Bertz CT molecular complexity index is 653. The third-order valence-electron chi connectivity index (χ3n) is 2.93. The van der Waals surface area contributed by atoms with Crippen molar-refractivity contribution in [1.82, 2.24) is 0 Å². The highest BCUT2D eigenvalue weighted by molar-refractivity contribution is 9.09. The van der Waals surface area contributed by atoms with E-state index in [-0.39, 0.29) is 11.3 Å². The smallest absolute Gasteiger partial charge is 0.258 e. The molecule has 0 aromatic heterocycles. The van der Waals surface area contributed by atoms with Gasteiger partial charge in [-0.25, -0.2) is 13.2 Å². The van der Waals surface area contributed by atoms with Crippen LogP contribution in [-0.4, -0.2) is 4.92 Å². The maximum absolute atomic E-state index is 13.2. The molecule has 0 spiro atoms. The lowest BCUT2D eigenvalue weighted by Gasteiger charge is -2.11. The fraction of sp³-hybridized carbons (Fsp3) is 0.143. The topological polar surface area (TPSA) is 43.1 Å². The Morgan fingerprint density at radius 2 is 1.62 bits per heavy atom. The zero-order valence-electron chi connectivity index (χ0n) is 10.5. The van der Waals surface area contributed by atoms with Crippen LogP contribution in [0.25, 0.3) is 0 Å². The second-order valence-corrected chi connectivity index (χ2v) is 5.50. The lowest BCUT2D eigenvalue weighted by atomic mass is 10.0. The molecule has 2 aromatic carbocycles. The molecule has 2 aromatic rings. The molecule has 0 aliphatic rings. The van der Waals surface area contributed by atoms with Crippen LogP contribution in [0.15, 0.2) is 36.4 Å². The van der Waals surface area contributed by atoms with E-state index in [0.29, 0.717) is 6.42 Å². The van der Waals surface area contributed by atoms with E-state index in [0.717, 1.165) is 17.7 Å². The molecule has 110 valence electrons. The van der Waals surface area contributed by atoms with Crippen molar-refractivity contribution in [2.24, 2.45) is 0 Å². The van der Waals surface area contributed by atoms with Gasteiger partial charge in [-0.15, -0.1) is 0 Å². The second-order valence-electron chi connectivity index (χ2n) is 4.39. The maximum Gasteiger partial charge on any atom is 0.269 e. The minimum absolute atomic E-state index is 0.0382.